The van der Waals surface area contributed by atoms with E-state index in [0.29, 0.717) is 0 Å². The quantitative estimate of drug-likeness (QED) is 0.389. The average Bonchev–Trinajstić information content (AvgIpc) is 3.01. The van der Waals surface area contributed by atoms with E-state index in [-0.39, 0.29) is 0 Å². The van der Waals surface area contributed by atoms with Crippen LogP contribution >= 0.6 is 0 Å². The number of hydrogen-bond donors (Lipinski definition) is 0. The molecule has 0 spiro atoms. The van der Waals surface area contributed by atoms with Gasteiger partial charge in [0.05, 0.1) is 0 Å². The molecule has 1 heteroatoms. The minimum atomic E-state index is -2.39. The molecule has 1 aliphatic rings. The van der Waals surface area contributed by atoms with Crippen molar-refractivity contribution in [1.82, 2.24) is 0 Å². The molecule has 0 atom stereocenters. The van der Waals surface area contributed by atoms with Crippen molar-refractivity contribution in [2.45, 2.75) is 48.0 Å². The van der Waals surface area contributed by atoms with Gasteiger partial charge in [-0.15, -0.1) is 0 Å². The highest BCUT2D eigenvalue weighted by Gasteiger charge is 2.45. The maximum Gasteiger partial charge on any atom is 0.176 e. The van der Waals surface area contributed by atoms with Crippen LogP contribution in [0, 0.1) is 27.7 Å². The van der Waals surface area contributed by atoms with Gasteiger partial charge in [-0.2, -0.15) is 0 Å². The van der Waals surface area contributed by atoms with E-state index in [9.17, 15) is 0 Å². The Labute approximate surface area is 183 Å². The first-order chi connectivity index (χ1) is 14.3. The second kappa shape index (κ2) is 7.89. The van der Waals surface area contributed by atoms with Crippen LogP contribution in [0.5, 0.6) is 0 Å². The predicted molar refractivity (Wildman–Crippen MR) is 134 cm³/mol. The van der Waals surface area contributed by atoms with Gasteiger partial charge in [-0.1, -0.05) is 111 Å². The van der Waals surface area contributed by atoms with Crippen LogP contribution in [0.4, 0.5) is 0 Å². The third-order valence-electron chi connectivity index (χ3n) is 6.63. The highest BCUT2D eigenvalue weighted by atomic mass is 28.3. The molecule has 0 heterocycles. The van der Waals surface area contributed by atoms with Gasteiger partial charge >= 0.3 is 0 Å². The fourth-order valence-corrected chi connectivity index (χ4v) is 11.0. The third-order valence-corrected chi connectivity index (χ3v) is 11.6. The van der Waals surface area contributed by atoms with E-state index in [1.54, 1.807) is 5.20 Å². The smallest absolute Gasteiger partial charge is 0.0776 e. The van der Waals surface area contributed by atoms with E-state index in [4.69, 9.17) is 0 Å². The van der Waals surface area contributed by atoms with Crippen LogP contribution in [0.1, 0.15) is 42.5 Å². The van der Waals surface area contributed by atoms with Crippen LogP contribution < -0.4 is 15.6 Å². The second-order valence-electron chi connectivity index (χ2n) is 9.06. The Balaban J connectivity index is 2.20. The molecule has 0 saturated carbocycles. The summed E-state index contributed by atoms with van der Waals surface area (Å²) in [5.41, 5.74) is 8.33. The maximum absolute atomic E-state index is 2.46. The second-order valence-corrected chi connectivity index (χ2v) is 12.9. The summed E-state index contributed by atoms with van der Waals surface area (Å²) >= 11 is 0. The molecule has 0 radical (unpaired) electrons. The summed E-state index contributed by atoms with van der Waals surface area (Å²) in [6.45, 7) is 13.6. The van der Waals surface area contributed by atoms with Crippen molar-refractivity contribution in [1.29, 1.82) is 0 Å². The lowest BCUT2D eigenvalue weighted by atomic mass is 10.1. The molecule has 0 bridgehead atoms. The van der Waals surface area contributed by atoms with Gasteiger partial charge in [0, 0.05) is 0 Å². The molecule has 0 saturated heterocycles. The number of aryl methyl sites for hydroxylation is 4. The average molecular weight is 409 g/mol. The van der Waals surface area contributed by atoms with Gasteiger partial charge in [0.25, 0.3) is 0 Å². The fraction of sp³-hybridized carbons (Fsp3) is 0.241. The Morgan fingerprint density at radius 1 is 0.567 bits per heavy atom. The molecule has 152 valence electrons. The Kier molecular flexibility index (Phi) is 5.42. The maximum atomic E-state index is 2.46. The molecule has 4 rings (SSSR count). The van der Waals surface area contributed by atoms with Crippen LogP contribution in [0.3, 0.4) is 0 Å². The lowest BCUT2D eigenvalue weighted by Crippen LogP contribution is -2.69. The van der Waals surface area contributed by atoms with Gasteiger partial charge in [0.1, 0.15) is 0 Å². The van der Waals surface area contributed by atoms with Crippen molar-refractivity contribution in [3.05, 3.63) is 111 Å². The summed E-state index contributed by atoms with van der Waals surface area (Å²) in [7, 11) is -2.39. The highest BCUT2D eigenvalue weighted by molar-refractivity contribution is 7.16. The Hall–Kier alpha value is -2.64. The van der Waals surface area contributed by atoms with Crippen LogP contribution in [-0.2, 0) is 0 Å². The molecule has 0 nitrogen and oxygen atoms in total. The van der Waals surface area contributed by atoms with Crippen molar-refractivity contribution in [2.24, 2.45) is 0 Å². The zero-order chi connectivity index (χ0) is 21.5. The molecule has 30 heavy (non-hydrogen) atoms. The van der Waals surface area contributed by atoms with Crippen molar-refractivity contribution in [2.75, 3.05) is 0 Å². The number of allylic oxidation sites excluding steroid dienone is 4. The lowest BCUT2D eigenvalue weighted by Gasteiger charge is -2.37. The number of benzene rings is 3. The lowest BCUT2D eigenvalue weighted by molar-refractivity contribution is 1.32. The van der Waals surface area contributed by atoms with E-state index in [1.807, 2.05) is 0 Å². The molecule has 0 fully saturated rings. The summed E-state index contributed by atoms with van der Waals surface area (Å²) in [5.74, 6) is 0. The van der Waals surface area contributed by atoms with E-state index in [0.717, 1.165) is 6.42 Å². The van der Waals surface area contributed by atoms with Crippen molar-refractivity contribution < 1.29 is 0 Å². The minimum absolute atomic E-state index is 1.05. The normalized spacial score (nSPS) is 14.3. The first-order valence-electron chi connectivity index (χ1n) is 10.9. The Bertz CT molecular complexity index is 1070. The van der Waals surface area contributed by atoms with Gasteiger partial charge < -0.3 is 0 Å². The summed E-state index contributed by atoms with van der Waals surface area (Å²) in [5, 5.41) is 6.14. The molecular formula is C29H32Si. The predicted octanol–water partition coefficient (Wildman–Crippen LogP) is 5.60. The van der Waals surface area contributed by atoms with Gasteiger partial charge in [-0.3, -0.25) is 0 Å². The molecule has 0 unspecified atom stereocenters. The SMILES string of the molecule is CC1=CCC([Si](c2ccccc2)(c2cc(C)cc(C)c2)c2cc(C)cc(C)c2)=C1C. The molecule has 1 aliphatic carbocycles. The first-order valence-corrected chi connectivity index (χ1v) is 12.9. The first kappa shape index (κ1) is 20.6. The molecule has 0 aliphatic heterocycles. The van der Waals surface area contributed by atoms with Gasteiger partial charge in [0.15, 0.2) is 8.07 Å². The molecule has 3 aromatic carbocycles. The minimum Gasteiger partial charge on any atom is -0.0776 e. The Morgan fingerprint density at radius 3 is 1.43 bits per heavy atom. The third kappa shape index (κ3) is 3.42. The van der Waals surface area contributed by atoms with Gasteiger partial charge in [0.2, 0.25) is 0 Å². The number of hydrogen-bond acceptors (Lipinski definition) is 0. The van der Waals surface area contributed by atoms with Crippen molar-refractivity contribution >= 4 is 23.6 Å². The molecule has 0 aromatic heterocycles. The van der Waals surface area contributed by atoms with Crippen LogP contribution in [0.15, 0.2) is 89.1 Å². The van der Waals surface area contributed by atoms with Crippen molar-refractivity contribution in [3.63, 3.8) is 0 Å². The van der Waals surface area contributed by atoms with Crippen molar-refractivity contribution in [3.8, 4) is 0 Å². The van der Waals surface area contributed by atoms with E-state index in [2.05, 4.69) is 114 Å². The Morgan fingerprint density at radius 2 is 1.03 bits per heavy atom. The standard InChI is InChI=1S/C29H32Si/c1-20-14-21(2)17-27(16-20)30(26-10-8-7-9-11-26,29-13-12-24(5)25(29)6)28-18-22(3)15-23(4)19-28/h7-12,14-19H,13H2,1-6H3. The largest absolute Gasteiger partial charge is 0.176 e. The summed E-state index contributed by atoms with van der Waals surface area (Å²) in [6.07, 6.45) is 3.49. The molecular weight excluding hydrogens is 376 g/mol. The summed E-state index contributed by atoms with van der Waals surface area (Å²) < 4.78 is 0. The molecule has 0 amide bonds. The molecule has 0 N–H and O–H groups in total. The van der Waals surface area contributed by atoms with Crippen LogP contribution in [-0.4, -0.2) is 8.07 Å². The fourth-order valence-electron chi connectivity index (χ4n) is 5.33. The molecule has 3 aromatic rings. The van der Waals surface area contributed by atoms with Gasteiger partial charge in [-0.25, -0.2) is 0 Å². The summed E-state index contributed by atoms with van der Waals surface area (Å²) in [6, 6.07) is 25.7. The zero-order valence-electron chi connectivity index (χ0n) is 19.1. The van der Waals surface area contributed by atoms with Gasteiger partial charge in [-0.05, 0) is 63.5 Å². The topological polar surface area (TPSA) is 0 Å². The van der Waals surface area contributed by atoms with E-state index in [1.165, 1.54) is 49.0 Å². The monoisotopic (exact) mass is 408 g/mol. The number of rotatable bonds is 4. The summed E-state index contributed by atoms with van der Waals surface area (Å²) in [4.78, 5) is 0. The van der Waals surface area contributed by atoms with Crippen LogP contribution in [0.2, 0.25) is 0 Å². The zero-order valence-corrected chi connectivity index (χ0v) is 20.1. The van der Waals surface area contributed by atoms with E-state index >= 15 is 0 Å². The van der Waals surface area contributed by atoms with Crippen LogP contribution in [0.25, 0.3) is 0 Å². The highest BCUT2D eigenvalue weighted by Crippen LogP contribution is 2.33. The van der Waals surface area contributed by atoms with E-state index < -0.39 is 8.07 Å².